The first-order valence-corrected chi connectivity index (χ1v) is 11.5. The van der Waals surface area contributed by atoms with E-state index in [1.165, 1.54) is 51.4 Å². The maximum atomic E-state index is 6.47. The monoisotopic (exact) mass is 371 g/mol. The Morgan fingerprint density at radius 2 is 1.15 bits per heavy atom. The lowest BCUT2D eigenvalue weighted by molar-refractivity contribution is -0.357. The van der Waals surface area contributed by atoms with Crippen molar-refractivity contribution in [3.8, 4) is 0 Å². The number of unbranched alkanes of at least 4 members (excludes halogenated alkanes) is 5. The highest BCUT2D eigenvalue weighted by atomic mass is 16.7. The molecule has 1 atom stereocenters. The molecule has 158 valence electrons. The standard InChI is InChI=1S/C23H49NO2/c1-9-13-14-15-16-17-19-22(18-10-2)23(25-11-3,26-12-4)24(20(5)6)21(7)8/h20-22H,9-19H2,1-8H3. The van der Waals surface area contributed by atoms with Crippen molar-refractivity contribution >= 4 is 0 Å². The molecule has 0 aromatic carbocycles. The molecule has 0 N–H and O–H groups in total. The highest BCUT2D eigenvalue weighted by Gasteiger charge is 2.47. The molecule has 0 saturated carbocycles. The molecule has 0 bridgehead atoms. The number of ether oxygens (including phenoxy) is 2. The van der Waals surface area contributed by atoms with Crippen LogP contribution in [0.1, 0.15) is 113 Å². The second-order valence-electron chi connectivity index (χ2n) is 8.13. The van der Waals surface area contributed by atoms with Crippen molar-refractivity contribution < 1.29 is 9.47 Å². The van der Waals surface area contributed by atoms with E-state index in [4.69, 9.17) is 9.47 Å². The Hall–Kier alpha value is -0.120. The van der Waals surface area contributed by atoms with E-state index in [2.05, 4.69) is 60.3 Å². The Bertz CT molecular complexity index is 303. The van der Waals surface area contributed by atoms with E-state index in [1.807, 2.05) is 0 Å². The molecule has 0 heterocycles. The summed E-state index contributed by atoms with van der Waals surface area (Å²) in [6.07, 6.45) is 11.6. The molecule has 3 heteroatoms. The highest BCUT2D eigenvalue weighted by Crippen LogP contribution is 2.38. The van der Waals surface area contributed by atoms with Gasteiger partial charge < -0.3 is 9.47 Å². The average Bonchev–Trinajstić information content (AvgIpc) is 2.56. The van der Waals surface area contributed by atoms with Gasteiger partial charge in [-0.25, -0.2) is 4.90 Å². The predicted molar refractivity (Wildman–Crippen MR) is 114 cm³/mol. The molecule has 0 spiro atoms. The fraction of sp³-hybridized carbons (Fsp3) is 1.00. The third-order valence-electron chi connectivity index (χ3n) is 5.23. The maximum absolute atomic E-state index is 6.47. The summed E-state index contributed by atoms with van der Waals surface area (Å²) >= 11 is 0. The Kier molecular flexibility index (Phi) is 14.8. The summed E-state index contributed by atoms with van der Waals surface area (Å²) in [4.78, 5) is 2.47. The van der Waals surface area contributed by atoms with Gasteiger partial charge in [-0.15, -0.1) is 0 Å². The first kappa shape index (κ1) is 25.9. The minimum absolute atomic E-state index is 0.386. The summed E-state index contributed by atoms with van der Waals surface area (Å²) in [6.45, 7) is 19.2. The zero-order valence-corrected chi connectivity index (χ0v) is 19.3. The summed E-state index contributed by atoms with van der Waals surface area (Å²) in [5.41, 5.74) is 0. The summed E-state index contributed by atoms with van der Waals surface area (Å²) in [6, 6.07) is 0.772. The van der Waals surface area contributed by atoms with Crippen LogP contribution in [0.2, 0.25) is 0 Å². The van der Waals surface area contributed by atoms with Crippen LogP contribution < -0.4 is 0 Å². The molecule has 0 radical (unpaired) electrons. The van der Waals surface area contributed by atoms with Gasteiger partial charge >= 0.3 is 0 Å². The van der Waals surface area contributed by atoms with E-state index in [9.17, 15) is 0 Å². The Balaban J connectivity index is 5.38. The fourth-order valence-electron chi connectivity index (χ4n) is 4.40. The topological polar surface area (TPSA) is 21.7 Å². The van der Waals surface area contributed by atoms with Gasteiger partial charge in [0, 0.05) is 31.2 Å². The van der Waals surface area contributed by atoms with E-state index < -0.39 is 5.91 Å². The van der Waals surface area contributed by atoms with Crippen molar-refractivity contribution in [3.05, 3.63) is 0 Å². The van der Waals surface area contributed by atoms with Gasteiger partial charge in [0.2, 0.25) is 5.91 Å². The lowest BCUT2D eigenvalue weighted by Gasteiger charge is -2.51. The van der Waals surface area contributed by atoms with Crippen LogP contribution >= 0.6 is 0 Å². The highest BCUT2D eigenvalue weighted by molar-refractivity contribution is 4.85. The molecule has 0 fully saturated rings. The summed E-state index contributed by atoms with van der Waals surface area (Å²) in [5.74, 6) is -0.172. The van der Waals surface area contributed by atoms with Crippen molar-refractivity contribution in [2.24, 2.45) is 5.92 Å². The number of rotatable bonds is 17. The van der Waals surface area contributed by atoms with Gasteiger partial charge in [0.1, 0.15) is 0 Å². The summed E-state index contributed by atoms with van der Waals surface area (Å²) in [5, 5.41) is 0. The molecule has 0 aromatic heterocycles. The van der Waals surface area contributed by atoms with Crippen molar-refractivity contribution in [2.45, 2.75) is 131 Å². The summed E-state index contributed by atoms with van der Waals surface area (Å²) in [7, 11) is 0. The van der Waals surface area contributed by atoms with Gasteiger partial charge in [-0.3, -0.25) is 0 Å². The third kappa shape index (κ3) is 8.27. The first-order valence-electron chi connectivity index (χ1n) is 11.5. The molecule has 0 amide bonds. The van der Waals surface area contributed by atoms with E-state index in [0.717, 1.165) is 6.42 Å². The normalized spacial score (nSPS) is 14.0. The van der Waals surface area contributed by atoms with Gasteiger partial charge in [-0.2, -0.15) is 0 Å². The van der Waals surface area contributed by atoms with Crippen LogP contribution in [0.15, 0.2) is 0 Å². The van der Waals surface area contributed by atoms with Crippen LogP contribution in [0.4, 0.5) is 0 Å². The smallest absolute Gasteiger partial charge is 0.233 e. The van der Waals surface area contributed by atoms with Crippen molar-refractivity contribution in [1.29, 1.82) is 0 Å². The zero-order chi connectivity index (χ0) is 20.0. The van der Waals surface area contributed by atoms with E-state index >= 15 is 0 Å². The van der Waals surface area contributed by atoms with Gasteiger partial charge in [0.15, 0.2) is 0 Å². The Morgan fingerprint density at radius 1 is 0.654 bits per heavy atom. The quantitative estimate of drug-likeness (QED) is 0.203. The first-order chi connectivity index (χ1) is 12.4. The average molecular weight is 372 g/mol. The van der Waals surface area contributed by atoms with Gasteiger partial charge in [0.05, 0.1) is 0 Å². The summed E-state index contributed by atoms with van der Waals surface area (Å²) < 4.78 is 12.9. The molecule has 0 rings (SSSR count). The SMILES string of the molecule is CCCCCCCCC(CCC)C(OCC)(OCC)N(C(C)C)C(C)C. The van der Waals surface area contributed by atoms with Crippen LogP contribution in [0.3, 0.4) is 0 Å². The minimum atomic E-state index is -0.592. The second-order valence-corrected chi connectivity index (χ2v) is 8.13. The van der Waals surface area contributed by atoms with E-state index in [-0.39, 0.29) is 0 Å². The maximum Gasteiger partial charge on any atom is 0.233 e. The molecule has 0 aliphatic heterocycles. The molecule has 0 aliphatic rings. The van der Waals surface area contributed by atoms with E-state index in [0.29, 0.717) is 31.2 Å². The molecule has 26 heavy (non-hydrogen) atoms. The van der Waals surface area contributed by atoms with Crippen LogP contribution in [0.5, 0.6) is 0 Å². The number of hydrogen-bond donors (Lipinski definition) is 0. The minimum Gasteiger partial charge on any atom is -0.337 e. The van der Waals surface area contributed by atoms with Crippen molar-refractivity contribution in [2.75, 3.05) is 13.2 Å². The van der Waals surface area contributed by atoms with Crippen LogP contribution in [0.25, 0.3) is 0 Å². The molecule has 0 saturated heterocycles. The fourth-order valence-corrected chi connectivity index (χ4v) is 4.40. The number of nitrogens with zero attached hydrogens (tertiary/aromatic N) is 1. The lowest BCUT2D eigenvalue weighted by Crippen LogP contribution is -2.62. The third-order valence-corrected chi connectivity index (χ3v) is 5.23. The molecule has 1 unspecified atom stereocenters. The Labute approximate surface area is 165 Å². The van der Waals surface area contributed by atoms with Crippen LogP contribution in [-0.4, -0.2) is 36.1 Å². The van der Waals surface area contributed by atoms with Gasteiger partial charge in [0.25, 0.3) is 0 Å². The van der Waals surface area contributed by atoms with Crippen LogP contribution in [-0.2, 0) is 9.47 Å². The van der Waals surface area contributed by atoms with Crippen molar-refractivity contribution in [3.63, 3.8) is 0 Å². The molecular weight excluding hydrogens is 322 g/mol. The number of hydrogen-bond acceptors (Lipinski definition) is 3. The Morgan fingerprint density at radius 3 is 1.58 bits per heavy atom. The van der Waals surface area contributed by atoms with Crippen LogP contribution in [0, 0.1) is 5.92 Å². The van der Waals surface area contributed by atoms with E-state index in [1.54, 1.807) is 0 Å². The molecule has 0 aromatic rings. The lowest BCUT2D eigenvalue weighted by atomic mass is 9.89. The predicted octanol–water partition coefficient (Wildman–Crippen LogP) is 7.00. The van der Waals surface area contributed by atoms with Gasteiger partial charge in [-0.05, 0) is 54.4 Å². The molecule has 0 aliphatic carbocycles. The molecular formula is C23H49NO2. The molecule has 3 nitrogen and oxygen atoms in total. The van der Waals surface area contributed by atoms with Crippen molar-refractivity contribution in [1.82, 2.24) is 4.90 Å². The largest absolute Gasteiger partial charge is 0.337 e. The second kappa shape index (κ2) is 14.9. The zero-order valence-electron chi connectivity index (χ0n) is 19.3. The van der Waals surface area contributed by atoms with Gasteiger partial charge in [-0.1, -0.05) is 58.8 Å².